The van der Waals surface area contributed by atoms with Gasteiger partial charge >= 0.3 is 5.97 Å². The van der Waals surface area contributed by atoms with Crippen LogP contribution in [-0.2, 0) is 19.6 Å². The van der Waals surface area contributed by atoms with Crippen molar-refractivity contribution in [1.82, 2.24) is 0 Å². The topological polar surface area (TPSA) is 102 Å². The molecule has 7 nitrogen and oxygen atoms in total. The summed E-state index contributed by atoms with van der Waals surface area (Å²) in [6, 6.07) is 9.71. The quantitative estimate of drug-likeness (QED) is 0.405. The van der Waals surface area contributed by atoms with Gasteiger partial charge < -0.3 is 10.1 Å². The molecule has 31 heavy (non-hydrogen) atoms. The second-order valence-electron chi connectivity index (χ2n) is 5.96. The summed E-state index contributed by atoms with van der Waals surface area (Å²) in [5, 5.41) is 3.58. The number of rotatable bonds is 7. The van der Waals surface area contributed by atoms with Gasteiger partial charge in [0.05, 0.1) is 11.3 Å². The zero-order chi connectivity index (χ0) is 22.6. The van der Waals surface area contributed by atoms with Crippen LogP contribution in [0.15, 0.2) is 58.1 Å². The van der Waals surface area contributed by atoms with Crippen LogP contribution in [0.1, 0.15) is 10.4 Å². The predicted octanol–water partition coefficient (Wildman–Crippen LogP) is 3.76. The number of hydrogen-bond acceptors (Lipinski definition) is 6. The number of anilines is 2. The first kappa shape index (κ1) is 22.3. The third-order valence-corrected chi connectivity index (χ3v) is 6.56. The van der Waals surface area contributed by atoms with E-state index in [0.29, 0.717) is 6.07 Å². The maximum absolute atomic E-state index is 13.5. The van der Waals surface area contributed by atoms with Gasteiger partial charge in [-0.3, -0.25) is 9.52 Å². The Bertz CT molecular complexity index is 1210. The molecule has 1 heterocycles. The number of sulfonamides is 1. The maximum Gasteiger partial charge on any atom is 0.338 e. The van der Waals surface area contributed by atoms with Gasteiger partial charge in [0.2, 0.25) is 0 Å². The summed E-state index contributed by atoms with van der Waals surface area (Å²) in [5.74, 6) is -6.62. The second-order valence-corrected chi connectivity index (χ2v) is 8.82. The van der Waals surface area contributed by atoms with Crippen molar-refractivity contribution in [3.8, 4) is 0 Å². The van der Waals surface area contributed by atoms with E-state index >= 15 is 0 Å². The van der Waals surface area contributed by atoms with E-state index in [1.54, 1.807) is 11.4 Å². The molecule has 0 aliphatic carbocycles. The molecule has 12 heteroatoms. The molecule has 0 saturated carbocycles. The van der Waals surface area contributed by atoms with Gasteiger partial charge in [-0.2, -0.15) is 0 Å². The number of carbonyl (C=O) groups excluding carboxylic acids is 2. The summed E-state index contributed by atoms with van der Waals surface area (Å²) < 4.78 is 71.2. The zero-order valence-electron chi connectivity index (χ0n) is 15.4. The first-order valence-corrected chi connectivity index (χ1v) is 10.8. The largest absolute Gasteiger partial charge is 0.452 e. The molecule has 0 bridgehead atoms. The van der Waals surface area contributed by atoms with Crippen molar-refractivity contribution >= 4 is 44.6 Å². The molecule has 0 fully saturated rings. The lowest BCUT2D eigenvalue weighted by Crippen LogP contribution is -2.21. The molecule has 0 atom stereocenters. The highest BCUT2D eigenvalue weighted by molar-refractivity contribution is 7.94. The van der Waals surface area contributed by atoms with Crippen molar-refractivity contribution in [2.75, 3.05) is 16.6 Å². The summed E-state index contributed by atoms with van der Waals surface area (Å²) in [4.78, 5) is 23.8. The number of nitrogens with one attached hydrogen (secondary N) is 2. The lowest BCUT2D eigenvalue weighted by atomic mass is 10.2. The Labute approximate surface area is 178 Å². The van der Waals surface area contributed by atoms with Gasteiger partial charge in [0.25, 0.3) is 15.9 Å². The number of halogens is 3. The molecule has 162 valence electrons. The van der Waals surface area contributed by atoms with Crippen LogP contribution in [0.4, 0.5) is 24.5 Å². The number of esters is 1. The molecular weight excluding hydrogens is 457 g/mol. The molecule has 3 aromatic rings. The SMILES string of the molecule is O=C(COC(=O)c1ccc(NS(=O)(=O)c2cccs2)cc1)Nc1ccc(F)c(F)c1F. The highest BCUT2D eigenvalue weighted by Gasteiger charge is 2.18. The van der Waals surface area contributed by atoms with Crippen molar-refractivity contribution < 1.29 is 35.9 Å². The van der Waals surface area contributed by atoms with Crippen LogP contribution in [0, 0.1) is 17.5 Å². The highest BCUT2D eigenvalue weighted by atomic mass is 32.2. The number of thiophene rings is 1. The minimum atomic E-state index is -3.75. The Hall–Kier alpha value is -3.38. The summed E-state index contributed by atoms with van der Waals surface area (Å²) in [5.41, 5.74) is -0.385. The average Bonchev–Trinajstić information content (AvgIpc) is 3.29. The third-order valence-electron chi connectivity index (χ3n) is 3.78. The average molecular weight is 470 g/mol. The Morgan fingerprint density at radius 1 is 0.968 bits per heavy atom. The molecule has 2 N–H and O–H groups in total. The van der Waals surface area contributed by atoms with E-state index in [9.17, 15) is 31.2 Å². The van der Waals surface area contributed by atoms with E-state index in [1.807, 2.05) is 5.32 Å². The fraction of sp³-hybridized carbons (Fsp3) is 0.0526. The molecule has 0 spiro atoms. The van der Waals surface area contributed by atoms with Gasteiger partial charge in [0.1, 0.15) is 4.21 Å². The number of carbonyl (C=O) groups is 2. The Morgan fingerprint density at radius 2 is 1.68 bits per heavy atom. The van der Waals surface area contributed by atoms with Gasteiger partial charge in [-0.25, -0.2) is 26.4 Å². The van der Waals surface area contributed by atoms with Crippen molar-refractivity contribution in [1.29, 1.82) is 0 Å². The van der Waals surface area contributed by atoms with Crippen molar-refractivity contribution in [2.24, 2.45) is 0 Å². The fourth-order valence-corrected chi connectivity index (χ4v) is 4.37. The van der Waals surface area contributed by atoms with Crippen molar-refractivity contribution in [2.45, 2.75) is 4.21 Å². The van der Waals surface area contributed by atoms with Gasteiger partial charge in [0.15, 0.2) is 24.1 Å². The maximum atomic E-state index is 13.5. The van der Waals surface area contributed by atoms with Crippen molar-refractivity contribution in [3.63, 3.8) is 0 Å². The summed E-state index contributed by atoms with van der Waals surface area (Å²) >= 11 is 1.04. The zero-order valence-corrected chi connectivity index (χ0v) is 17.0. The van der Waals surface area contributed by atoms with Crippen LogP contribution in [0.3, 0.4) is 0 Å². The normalized spacial score (nSPS) is 11.1. The number of ether oxygens (including phenoxy) is 1. The monoisotopic (exact) mass is 470 g/mol. The summed E-state index contributed by atoms with van der Waals surface area (Å²) in [6.45, 7) is -0.815. The van der Waals surface area contributed by atoms with E-state index in [4.69, 9.17) is 4.74 Å². The van der Waals surface area contributed by atoms with Crippen LogP contribution >= 0.6 is 11.3 Å². The molecule has 0 radical (unpaired) electrons. The minimum Gasteiger partial charge on any atom is -0.452 e. The summed E-state index contributed by atoms with van der Waals surface area (Å²) in [7, 11) is -3.75. The van der Waals surface area contributed by atoms with E-state index in [0.717, 1.165) is 17.4 Å². The second kappa shape index (κ2) is 9.18. The summed E-state index contributed by atoms with van der Waals surface area (Å²) in [6.07, 6.45) is 0. The minimum absolute atomic E-state index is 0.0193. The Kier molecular flexibility index (Phi) is 6.61. The fourth-order valence-electron chi connectivity index (χ4n) is 2.32. The number of benzene rings is 2. The van der Waals surface area contributed by atoms with E-state index in [1.165, 1.54) is 30.3 Å². The van der Waals surface area contributed by atoms with E-state index < -0.39 is 51.6 Å². The molecule has 2 aromatic carbocycles. The van der Waals surface area contributed by atoms with E-state index in [2.05, 4.69) is 4.72 Å². The Morgan fingerprint density at radius 3 is 2.32 bits per heavy atom. The highest BCUT2D eigenvalue weighted by Crippen LogP contribution is 2.21. The molecule has 1 amide bonds. The molecule has 3 rings (SSSR count). The van der Waals surface area contributed by atoms with Gasteiger partial charge in [-0.05, 0) is 47.8 Å². The van der Waals surface area contributed by atoms with Gasteiger partial charge in [-0.1, -0.05) is 6.07 Å². The smallest absolute Gasteiger partial charge is 0.338 e. The molecular formula is C19H13F3N2O5S2. The van der Waals surface area contributed by atoms with Crippen LogP contribution in [0.25, 0.3) is 0 Å². The van der Waals surface area contributed by atoms with Gasteiger partial charge in [-0.15, -0.1) is 11.3 Å². The van der Waals surface area contributed by atoms with Crippen molar-refractivity contribution in [3.05, 3.63) is 76.9 Å². The first-order chi connectivity index (χ1) is 14.7. The lowest BCUT2D eigenvalue weighted by Gasteiger charge is -2.09. The molecule has 0 saturated heterocycles. The molecule has 0 unspecified atom stereocenters. The first-order valence-electron chi connectivity index (χ1n) is 8.44. The Balaban J connectivity index is 1.56. The number of amides is 1. The molecule has 0 aliphatic heterocycles. The molecule has 0 aliphatic rings. The van der Waals surface area contributed by atoms with E-state index in [-0.39, 0.29) is 15.5 Å². The van der Waals surface area contributed by atoms with Gasteiger partial charge in [0, 0.05) is 5.69 Å². The van der Waals surface area contributed by atoms with Crippen LogP contribution in [0.5, 0.6) is 0 Å². The standard InChI is InChI=1S/C19H13F3N2O5S2/c20-13-7-8-14(18(22)17(13)21)23-15(25)10-29-19(26)11-3-5-12(6-4-11)24-31(27,28)16-2-1-9-30-16/h1-9,24H,10H2,(H,23,25). The third kappa shape index (κ3) is 5.41. The van der Waals surface area contributed by atoms with Crippen LogP contribution in [-0.4, -0.2) is 26.9 Å². The van der Waals surface area contributed by atoms with Crippen LogP contribution in [0.2, 0.25) is 0 Å². The van der Waals surface area contributed by atoms with Crippen LogP contribution < -0.4 is 10.0 Å². The number of hydrogen-bond donors (Lipinski definition) is 2. The molecule has 1 aromatic heterocycles. The predicted molar refractivity (Wildman–Crippen MR) is 107 cm³/mol. The lowest BCUT2D eigenvalue weighted by molar-refractivity contribution is -0.119.